The molecule has 0 spiro atoms. The van der Waals surface area contributed by atoms with Crippen molar-refractivity contribution >= 4 is 17.6 Å². The monoisotopic (exact) mass is 248 g/mol. The number of hydrogen-bond donors (Lipinski definition) is 1. The van der Waals surface area contributed by atoms with E-state index in [0.717, 1.165) is 12.1 Å². The maximum absolute atomic E-state index is 12.3. The van der Waals surface area contributed by atoms with Gasteiger partial charge in [0.05, 0.1) is 11.8 Å². The first-order valence-corrected chi connectivity index (χ1v) is 6.01. The van der Waals surface area contributed by atoms with E-state index in [4.69, 9.17) is 5.11 Å². The fourth-order valence-electron chi connectivity index (χ4n) is 2.49. The molecule has 0 unspecified atom stereocenters. The van der Waals surface area contributed by atoms with Crippen molar-refractivity contribution in [2.24, 2.45) is 11.8 Å². The van der Waals surface area contributed by atoms with Crippen molar-refractivity contribution < 1.29 is 14.7 Å². The molecule has 1 fully saturated rings. The van der Waals surface area contributed by atoms with Gasteiger partial charge < -0.3 is 10.0 Å². The summed E-state index contributed by atoms with van der Waals surface area (Å²) >= 11 is 0. The van der Waals surface area contributed by atoms with Gasteiger partial charge in [-0.05, 0) is 25.0 Å². The van der Waals surface area contributed by atoms with Gasteiger partial charge >= 0.3 is 5.97 Å². The topological polar surface area (TPSA) is 70.5 Å². The second kappa shape index (κ2) is 5.16. The molecule has 1 heterocycles. The minimum absolute atomic E-state index is 0.119. The molecule has 1 aromatic rings. The number of carboxylic acids is 1. The Kier molecular flexibility index (Phi) is 3.60. The van der Waals surface area contributed by atoms with E-state index in [1.165, 1.54) is 4.90 Å². The Morgan fingerprint density at radius 3 is 2.50 bits per heavy atom. The minimum atomic E-state index is -0.867. The van der Waals surface area contributed by atoms with E-state index in [0.29, 0.717) is 12.8 Å². The molecular formula is C13H16N2O3. The summed E-state index contributed by atoms with van der Waals surface area (Å²) in [4.78, 5) is 28.8. The Hall–Kier alpha value is -1.91. The van der Waals surface area contributed by atoms with E-state index in [1.54, 1.807) is 31.6 Å². The van der Waals surface area contributed by atoms with Gasteiger partial charge in [-0.3, -0.25) is 14.6 Å². The van der Waals surface area contributed by atoms with Crippen molar-refractivity contribution in [3.05, 3.63) is 24.5 Å². The molecule has 1 aliphatic carbocycles. The first-order valence-electron chi connectivity index (χ1n) is 6.01. The van der Waals surface area contributed by atoms with Crippen molar-refractivity contribution in [3.8, 4) is 0 Å². The zero-order valence-corrected chi connectivity index (χ0v) is 10.2. The summed E-state index contributed by atoms with van der Waals surface area (Å²) in [7, 11) is 1.68. The van der Waals surface area contributed by atoms with Gasteiger partial charge in [-0.2, -0.15) is 0 Å². The second-order valence-electron chi connectivity index (χ2n) is 4.58. The number of rotatable bonds is 3. The van der Waals surface area contributed by atoms with Crippen LogP contribution in [0.5, 0.6) is 0 Å². The van der Waals surface area contributed by atoms with Crippen LogP contribution >= 0.6 is 0 Å². The summed E-state index contributed by atoms with van der Waals surface area (Å²) < 4.78 is 0. The molecule has 1 saturated carbocycles. The highest BCUT2D eigenvalue weighted by Crippen LogP contribution is 2.33. The maximum atomic E-state index is 12.3. The zero-order valence-electron chi connectivity index (χ0n) is 10.2. The molecule has 1 N–H and O–H groups in total. The molecule has 0 bridgehead atoms. The smallest absolute Gasteiger partial charge is 0.307 e. The normalized spacial score (nSPS) is 22.7. The Bertz CT molecular complexity index is 447. The van der Waals surface area contributed by atoms with E-state index in [9.17, 15) is 9.59 Å². The summed E-state index contributed by atoms with van der Waals surface area (Å²) in [5, 5.41) is 9.10. The van der Waals surface area contributed by atoms with Crippen LogP contribution in [0.25, 0.3) is 0 Å². The largest absolute Gasteiger partial charge is 0.481 e. The average Bonchev–Trinajstić information content (AvgIpc) is 2.87. The number of carboxylic acid groups (broad SMARTS) is 1. The van der Waals surface area contributed by atoms with Crippen LogP contribution in [0, 0.1) is 11.8 Å². The van der Waals surface area contributed by atoms with E-state index >= 15 is 0 Å². The standard InChI is InChI=1S/C13H16N2O3/c1-15(9-5-7-14-8-6-9)12(16)10-3-2-4-11(10)13(17)18/h5-8,10-11H,2-4H2,1H3,(H,17,18)/t10-,11+/m1/s1. The van der Waals surface area contributed by atoms with Crippen molar-refractivity contribution in [2.75, 3.05) is 11.9 Å². The van der Waals surface area contributed by atoms with Crippen molar-refractivity contribution in [3.63, 3.8) is 0 Å². The number of aliphatic carboxylic acids is 1. The van der Waals surface area contributed by atoms with E-state index in [-0.39, 0.29) is 5.91 Å². The molecule has 5 nitrogen and oxygen atoms in total. The number of carbonyl (C=O) groups excluding carboxylic acids is 1. The fraction of sp³-hybridized carbons (Fsp3) is 0.462. The van der Waals surface area contributed by atoms with Crippen LogP contribution in [-0.4, -0.2) is 29.0 Å². The van der Waals surface area contributed by atoms with Gasteiger partial charge in [0, 0.05) is 25.1 Å². The van der Waals surface area contributed by atoms with Gasteiger partial charge in [0.2, 0.25) is 5.91 Å². The Labute approximate surface area is 105 Å². The van der Waals surface area contributed by atoms with E-state index in [1.807, 2.05) is 0 Å². The van der Waals surface area contributed by atoms with Gasteiger partial charge in [-0.1, -0.05) is 6.42 Å². The lowest BCUT2D eigenvalue weighted by atomic mass is 9.95. The molecule has 1 aliphatic rings. The molecule has 2 rings (SSSR count). The molecule has 1 amide bonds. The number of anilines is 1. The summed E-state index contributed by atoms with van der Waals surface area (Å²) in [6.07, 6.45) is 5.28. The van der Waals surface area contributed by atoms with Crippen LogP contribution in [0.15, 0.2) is 24.5 Å². The van der Waals surface area contributed by atoms with Crippen LogP contribution in [0.2, 0.25) is 0 Å². The molecule has 96 valence electrons. The van der Waals surface area contributed by atoms with Gasteiger partial charge in [-0.25, -0.2) is 0 Å². The molecule has 2 atom stereocenters. The summed E-state index contributed by atoms with van der Waals surface area (Å²) in [5.41, 5.74) is 0.742. The molecule has 18 heavy (non-hydrogen) atoms. The highest BCUT2D eigenvalue weighted by molar-refractivity contribution is 5.97. The summed E-state index contributed by atoms with van der Waals surface area (Å²) in [5.74, 6) is -1.93. The Morgan fingerprint density at radius 2 is 1.89 bits per heavy atom. The molecule has 1 aromatic heterocycles. The lowest BCUT2D eigenvalue weighted by molar-refractivity contribution is -0.145. The Balaban J connectivity index is 2.14. The average molecular weight is 248 g/mol. The van der Waals surface area contributed by atoms with Gasteiger partial charge in [0.15, 0.2) is 0 Å². The number of hydrogen-bond acceptors (Lipinski definition) is 3. The van der Waals surface area contributed by atoms with E-state index in [2.05, 4.69) is 4.98 Å². The van der Waals surface area contributed by atoms with Crippen LogP contribution in [0.3, 0.4) is 0 Å². The van der Waals surface area contributed by atoms with Crippen LogP contribution in [0.4, 0.5) is 5.69 Å². The zero-order chi connectivity index (χ0) is 13.1. The molecule has 0 aliphatic heterocycles. The minimum Gasteiger partial charge on any atom is -0.481 e. The third-order valence-electron chi connectivity index (χ3n) is 3.53. The number of carbonyl (C=O) groups is 2. The summed E-state index contributed by atoms with van der Waals surface area (Å²) in [6, 6.07) is 3.48. The van der Waals surface area contributed by atoms with Gasteiger partial charge in [-0.15, -0.1) is 0 Å². The molecule has 5 heteroatoms. The van der Waals surface area contributed by atoms with Crippen molar-refractivity contribution in [1.82, 2.24) is 4.98 Å². The second-order valence-corrected chi connectivity index (χ2v) is 4.58. The number of pyridine rings is 1. The molecule has 0 saturated heterocycles. The van der Waals surface area contributed by atoms with E-state index < -0.39 is 17.8 Å². The van der Waals surface area contributed by atoms with Crippen molar-refractivity contribution in [2.45, 2.75) is 19.3 Å². The highest BCUT2D eigenvalue weighted by Gasteiger charge is 2.39. The third-order valence-corrected chi connectivity index (χ3v) is 3.53. The number of aromatic nitrogens is 1. The van der Waals surface area contributed by atoms with Gasteiger partial charge in [0.25, 0.3) is 0 Å². The lowest BCUT2D eigenvalue weighted by Crippen LogP contribution is -2.36. The SMILES string of the molecule is CN(C(=O)[C@@H]1CCC[C@@H]1C(=O)O)c1ccncc1. The number of nitrogens with zero attached hydrogens (tertiary/aromatic N) is 2. The summed E-state index contributed by atoms with van der Waals surface area (Å²) in [6.45, 7) is 0. The molecule has 0 aromatic carbocycles. The van der Waals surface area contributed by atoms with Crippen LogP contribution in [0.1, 0.15) is 19.3 Å². The predicted octanol–water partition coefficient (Wildman–Crippen LogP) is 1.55. The van der Waals surface area contributed by atoms with Gasteiger partial charge in [0.1, 0.15) is 0 Å². The Morgan fingerprint density at radius 1 is 1.28 bits per heavy atom. The quantitative estimate of drug-likeness (QED) is 0.881. The van der Waals surface area contributed by atoms with Crippen LogP contribution in [-0.2, 0) is 9.59 Å². The molecular weight excluding hydrogens is 232 g/mol. The third kappa shape index (κ3) is 2.34. The maximum Gasteiger partial charge on any atom is 0.307 e. The fourth-order valence-corrected chi connectivity index (χ4v) is 2.49. The predicted molar refractivity (Wildman–Crippen MR) is 66.1 cm³/mol. The van der Waals surface area contributed by atoms with Crippen molar-refractivity contribution in [1.29, 1.82) is 0 Å². The first kappa shape index (κ1) is 12.5. The first-order chi connectivity index (χ1) is 8.61. The number of amides is 1. The molecule has 0 radical (unpaired) electrons. The highest BCUT2D eigenvalue weighted by atomic mass is 16.4. The van der Waals surface area contributed by atoms with Crippen LogP contribution < -0.4 is 4.90 Å². The lowest BCUT2D eigenvalue weighted by Gasteiger charge is -2.23.